The van der Waals surface area contributed by atoms with Gasteiger partial charge < -0.3 is 26.6 Å². The van der Waals surface area contributed by atoms with Crippen molar-refractivity contribution in [2.45, 2.75) is 98.8 Å². The van der Waals surface area contributed by atoms with Gasteiger partial charge >= 0.3 is 6.03 Å². The number of hydrogen-bond acceptors (Lipinski definition) is 5. The molecular weight excluding hydrogens is 450 g/mol. The molecule has 0 bridgehead atoms. The van der Waals surface area contributed by atoms with Crippen LogP contribution in [0.25, 0.3) is 0 Å². The summed E-state index contributed by atoms with van der Waals surface area (Å²) in [6.45, 7) is 17.4. The summed E-state index contributed by atoms with van der Waals surface area (Å²) >= 11 is 0. The summed E-state index contributed by atoms with van der Waals surface area (Å²) in [4.78, 5) is 65.2. The standard InChI is InChI=1S/C25H43N5O5/c1-10-11-14(17(31)19(26)32)27-20(33)16-15-13(25(15,8)9)12-30(16)21(34)18(23(2,3)4)28-22(35)29-24(5,6)7/h13-16,18H,10-12H2,1-9H3,(H2,26,32)(H,27,33)(H2,28,29,35)/t13-,14?,15-,16-,18+/m0/s1. The molecule has 2 rings (SSSR count). The van der Waals surface area contributed by atoms with Gasteiger partial charge in [-0.15, -0.1) is 0 Å². The van der Waals surface area contributed by atoms with Crippen molar-refractivity contribution in [2.24, 2.45) is 28.4 Å². The van der Waals surface area contributed by atoms with Gasteiger partial charge in [-0.05, 0) is 49.9 Å². The second kappa shape index (κ2) is 9.78. The maximum Gasteiger partial charge on any atom is 0.315 e. The Hall–Kier alpha value is -2.65. The molecule has 5 amide bonds. The van der Waals surface area contributed by atoms with Crippen molar-refractivity contribution in [1.29, 1.82) is 0 Å². The molecule has 0 spiro atoms. The highest BCUT2D eigenvalue weighted by molar-refractivity contribution is 6.37. The summed E-state index contributed by atoms with van der Waals surface area (Å²) in [5, 5.41) is 8.31. The molecule has 10 heteroatoms. The van der Waals surface area contributed by atoms with Crippen molar-refractivity contribution in [1.82, 2.24) is 20.9 Å². The van der Waals surface area contributed by atoms with E-state index in [1.807, 2.05) is 48.5 Å². The van der Waals surface area contributed by atoms with E-state index < -0.39 is 52.7 Å². The topological polar surface area (TPSA) is 151 Å². The first-order valence-corrected chi connectivity index (χ1v) is 12.4. The molecule has 0 radical (unpaired) electrons. The molecule has 2 aliphatic rings. The average Bonchev–Trinajstić information content (AvgIpc) is 3.03. The number of carbonyl (C=O) groups is 5. The minimum atomic E-state index is -1.10. The highest BCUT2D eigenvalue weighted by Gasteiger charge is 2.69. The van der Waals surface area contributed by atoms with Crippen LogP contribution in [0.1, 0.15) is 75.2 Å². The van der Waals surface area contributed by atoms with Gasteiger partial charge in [0.25, 0.3) is 5.91 Å². The third-order valence-corrected chi connectivity index (χ3v) is 7.09. The molecule has 35 heavy (non-hydrogen) atoms. The number of primary amides is 1. The summed E-state index contributed by atoms with van der Waals surface area (Å²) < 4.78 is 0. The lowest BCUT2D eigenvalue weighted by atomic mass is 9.85. The molecule has 0 aromatic heterocycles. The van der Waals surface area contributed by atoms with Crippen molar-refractivity contribution in [3.05, 3.63) is 0 Å². The number of piperidine rings is 1. The van der Waals surface area contributed by atoms with Gasteiger partial charge in [0, 0.05) is 12.1 Å². The van der Waals surface area contributed by atoms with Gasteiger partial charge in [0.1, 0.15) is 12.1 Å². The third-order valence-electron chi connectivity index (χ3n) is 7.09. The summed E-state index contributed by atoms with van der Waals surface area (Å²) in [5.41, 5.74) is 3.93. The van der Waals surface area contributed by atoms with E-state index in [-0.39, 0.29) is 29.6 Å². The minimum Gasteiger partial charge on any atom is -0.363 e. The van der Waals surface area contributed by atoms with Crippen molar-refractivity contribution < 1.29 is 24.0 Å². The Kier molecular flexibility index (Phi) is 7.98. The SMILES string of the molecule is CCCC(NC(=O)[C@@H]1[C@@H]2[C@H](CN1C(=O)[C@@H](NC(=O)NC(C)(C)C)C(C)(C)C)C2(C)C)C(=O)C(N)=O. The number of hydrogen-bond donors (Lipinski definition) is 4. The number of fused-ring (bicyclic) bond motifs is 1. The number of ketones is 1. The molecule has 10 nitrogen and oxygen atoms in total. The Bertz CT molecular complexity index is 886. The van der Waals surface area contributed by atoms with Crippen molar-refractivity contribution in [3.63, 3.8) is 0 Å². The van der Waals surface area contributed by atoms with E-state index in [9.17, 15) is 24.0 Å². The molecule has 1 aliphatic heterocycles. The largest absolute Gasteiger partial charge is 0.363 e. The van der Waals surface area contributed by atoms with E-state index in [2.05, 4.69) is 29.8 Å². The Morgan fingerprint density at radius 1 is 1.03 bits per heavy atom. The van der Waals surface area contributed by atoms with Crippen LogP contribution in [0.3, 0.4) is 0 Å². The van der Waals surface area contributed by atoms with Crippen molar-refractivity contribution in [3.8, 4) is 0 Å². The lowest BCUT2D eigenvalue weighted by Gasteiger charge is -2.38. The Morgan fingerprint density at radius 2 is 1.60 bits per heavy atom. The predicted octanol–water partition coefficient (Wildman–Crippen LogP) is 1.32. The fourth-order valence-corrected chi connectivity index (χ4v) is 5.12. The van der Waals surface area contributed by atoms with Crippen LogP contribution in [0.5, 0.6) is 0 Å². The number of nitrogens with zero attached hydrogens (tertiary/aromatic N) is 1. The maximum atomic E-state index is 13.8. The second-order valence-electron chi connectivity index (χ2n) is 12.6. The number of amides is 5. The van der Waals surface area contributed by atoms with E-state index in [1.165, 1.54) is 4.90 Å². The van der Waals surface area contributed by atoms with E-state index in [4.69, 9.17) is 5.73 Å². The zero-order valence-electron chi connectivity index (χ0n) is 22.6. The van der Waals surface area contributed by atoms with Crippen LogP contribution in [-0.4, -0.2) is 64.6 Å². The molecule has 5 atom stereocenters. The first-order chi connectivity index (χ1) is 15.8. The Balaban J connectivity index is 2.31. The Morgan fingerprint density at radius 3 is 2.06 bits per heavy atom. The Labute approximate surface area is 208 Å². The maximum absolute atomic E-state index is 13.8. The molecule has 1 saturated heterocycles. The summed E-state index contributed by atoms with van der Waals surface area (Å²) in [6.07, 6.45) is 0.832. The monoisotopic (exact) mass is 493 g/mol. The molecule has 5 N–H and O–H groups in total. The van der Waals surface area contributed by atoms with Crippen LogP contribution >= 0.6 is 0 Å². The van der Waals surface area contributed by atoms with Crippen LogP contribution in [0.15, 0.2) is 0 Å². The van der Waals surface area contributed by atoms with Gasteiger partial charge in [0.2, 0.25) is 17.6 Å². The zero-order valence-corrected chi connectivity index (χ0v) is 22.6. The van der Waals surface area contributed by atoms with Gasteiger partial charge in [-0.1, -0.05) is 48.0 Å². The van der Waals surface area contributed by atoms with Crippen LogP contribution in [-0.2, 0) is 19.2 Å². The number of rotatable bonds is 8. The fraction of sp³-hybridized carbons (Fsp3) is 0.800. The van der Waals surface area contributed by atoms with E-state index in [1.54, 1.807) is 0 Å². The molecule has 1 heterocycles. The lowest BCUT2D eigenvalue weighted by molar-refractivity contribution is -0.145. The summed E-state index contributed by atoms with van der Waals surface area (Å²) in [7, 11) is 0. The van der Waals surface area contributed by atoms with Gasteiger partial charge in [-0.2, -0.15) is 0 Å². The number of likely N-dealkylation sites (tertiary alicyclic amines) is 1. The number of urea groups is 1. The van der Waals surface area contributed by atoms with E-state index >= 15 is 0 Å². The smallest absolute Gasteiger partial charge is 0.315 e. The van der Waals surface area contributed by atoms with Crippen LogP contribution in [0, 0.1) is 22.7 Å². The first kappa shape index (κ1) is 28.6. The normalized spacial score (nSPS) is 24.6. The van der Waals surface area contributed by atoms with Crippen molar-refractivity contribution in [2.75, 3.05) is 6.54 Å². The predicted molar refractivity (Wildman–Crippen MR) is 132 cm³/mol. The second-order valence-corrected chi connectivity index (χ2v) is 12.6. The number of carbonyl (C=O) groups excluding carboxylic acids is 5. The number of nitrogens with two attached hydrogens (primary N) is 1. The van der Waals surface area contributed by atoms with E-state index in [0.29, 0.717) is 13.0 Å². The third kappa shape index (κ3) is 6.32. The number of Topliss-reactive ketones (excluding diaryl/α,β-unsaturated/α-hetero) is 1. The van der Waals surface area contributed by atoms with Crippen LogP contribution in [0.4, 0.5) is 4.79 Å². The van der Waals surface area contributed by atoms with Crippen LogP contribution in [0.2, 0.25) is 0 Å². The molecule has 1 aliphatic carbocycles. The van der Waals surface area contributed by atoms with Crippen LogP contribution < -0.4 is 21.7 Å². The van der Waals surface area contributed by atoms with Gasteiger partial charge in [-0.25, -0.2) is 4.79 Å². The average molecular weight is 494 g/mol. The van der Waals surface area contributed by atoms with E-state index in [0.717, 1.165) is 0 Å². The van der Waals surface area contributed by atoms with Gasteiger partial charge in [-0.3, -0.25) is 19.2 Å². The molecule has 0 aromatic carbocycles. The van der Waals surface area contributed by atoms with Gasteiger partial charge in [0.05, 0.1) is 6.04 Å². The molecule has 198 valence electrons. The zero-order chi connectivity index (χ0) is 27.1. The molecule has 2 fully saturated rings. The molecule has 1 saturated carbocycles. The fourth-order valence-electron chi connectivity index (χ4n) is 5.12. The first-order valence-electron chi connectivity index (χ1n) is 12.4. The quantitative estimate of drug-likeness (QED) is 0.376. The van der Waals surface area contributed by atoms with Crippen molar-refractivity contribution >= 4 is 29.5 Å². The van der Waals surface area contributed by atoms with Gasteiger partial charge in [0.15, 0.2) is 0 Å². The molecule has 0 aromatic rings. The molecular formula is C25H43N5O5. The highest BCUT2D eigenvalue weighted by Crippen LogP contribution is 2.65. The lowest BCUT2D eigenvalue weighted by Crippen LogP contribution is -2.62. The summed E-state index contributed by atoms with van der Waals surface area (Å²) in [5.74, 6) is -2.73. The highest BCUT2D eigenvalue weighted by atomic mass is 16.2. The summed E-state index contributed by atoms with van der Waals surface area (Å²) in [6, 6.07) is -3.18. The number of nitrogens with one attached hydrogen (secondary N) is 3. The minimum absolute atomic E-state index is 0.0820. The molecule has 1 unspecified atom stereocenters.